The second-order valence-electron chi connectivity index (χ2n) is 8.38. The second-order valence-corrected chi connectivity index (χ2v) is 8.38. The molecule has 0 radical (unpaired) electrons. The van der Waals surface area contributed by atoms with E-state index in [1.54, 1.807) is 7.11 Å². The minimum Gasteiger partial charge on any atom is -0.497 e. The van der Waals surface area contributed by atoms with Crippen LogP contribution in [0.3, 0.4) is 0 Å². The van der Waals surface area contributed by atoms with E-state index >= 15 is 0 Å². The summed E-state index contributed by atoms with van der Waals surface area (Å²) in [6.45, 7) is 5.56. The molecule has 30 heavy (non-hydrogen) atoms. The van der Waals surface area contributed by atoms with Crippen molar-refractivity contribution in [2.24, 2.45) is 5.16 Å². The summed E-state index contributed by atoms with van der Waals surface area (Å²) in [6.07, 6.45) is 2.29. The highest BCUT2D eigenvalue weighted by molar-refractivity contribution is 6.02. The molecule has 158 valence electrons. The van der Waals surface area contributed by atoms with E-state index in [0.717, 1.165) is 47.5 Å². The first-order chi connectivity index (χ1) is 14.5. The number of nitrogens with zero attached hydrogens (tertiary/aromatic N) is 2. The van der Waals surface area contributed by atoms with E-state index in [2.05, 4.69) is 30.4 Å². The van der Waals surface area contributed by atoms with Crippen LogP contribution in [0.2, 0.25) is 0 Å². The summed E-state index contributed by atoms with van der Waals surface area (Å²) in [6, 6.07) is 15.8. The first kappa shape index (κ1) is 20.3. The maximum absolute atomic E-state index is 12.8. The molecule has 2 heterocycles. The molecule has 0 aliphatic carbocycles. The Bertz CT molecular complexity index is 946. The van der Waals surface area contributed by atoms with Crippen molar-refractivity contribution in [3.63, 3.8) is 0 Å². The first-order valence-electron chi connectivity index (χ1n) is 10.5. The summed E-state index contributed by atoms with van der Waals surface area (Å²) >= 11 is 0. The average molecular weight is 408 g/mol. The molecule has 1 saturated heterocycles. The van der Waals surface area contributed by atoms with Crippen molar-refractivity contribution < 1.29 is 14.4 Å². The van der Waals surface area contributed by atoms with Crippen LogP contribution in [0.15, 0.2) is 53.7 Å². The van der Waals surface area contributed by atoms with Crippen LogP contribution in [0.4, 0.5) is 10.5 Å². The maximum atomic E-state index is 12.8. The van der Waals surface area contributed by atoms with Crippen molar-refractivity contribution in [1.82, 2.24) is 4.90 Å². The lowest BCUT2D eigenvalue weighted by molar-refractivity contribution is -0.0544. The number of carbonyl (C=O) groups is 1. The zero-order valence-corrected chi connectivity index (χ0v) is 17.9. The standard InChI is InChI=1S/C24H29N3O3/c1-17(2)20-9-4-5-10-21(20)25-23(28)27-13-11-24(12-14-27)16-22(26-30-24)18-7-6-8-19(15-18)29-3/h4-10,15,17H,11-14,16H2,1-3H3,(H,25,28). The van der Waals surface area contributed by atoms with Gasteiger partial charge in [-0.05, 0) is 29.7 Å². The average Bonchev–Trinajstić information content (AvgIpc) is 3.18. The Morgan fingerprint density at radius 1 is 1.17 bits per heavy atom. The van der Waals surface area contributed by atoms with Gasteiger partial charge in [-0.1, -0.05) is 49.3 Å². The normalized spacial score (nSPS) is 17.6. The van der Waals surface area contributed by atoms with Gasteiger partial charge in [-0.3, -0.25) is 0 Å². The largest absolute Gasteiger partial charge is 0.497 e. The zero-order chi connectivity index (χ0) is 21.1. The molecule has 0 unspecified atom stereocenters. The molecule has 0 bridgehead atoms. The Hall–Kier alpha value is -3.02. The van der Waals surface area contributed by atoms with Crippen molar-refractivity contribution in [3.8, 4) is 5.75 Å². The number of ether oxygens (including phenoxy) is 1. The molecule has 2 aliphatic rings. The number of rotatable bonds is 4. The topological polar surface area (TPSA) is 63.2 Å². The van der Waals surface area contributed by atoms with E-state index in [9.17, 15) is 4.79 Å². The minimum absolute atomic E-state index is 0.0510. The number of para-hydroxylation sites is 1. The molecule has 2 aromatic carbocycles. The summed E-state index contributed by atoms with van der Waals surface area (Å²) < 4.78 is 5.32. The highest BCUT2D eigenvalue weighted by Crippen LogP contribution is 2.36. The zero-order valence-electron chi connectivity index (χ0n) is 17.9. The smallest absolute Gasteiger partial charge is 0.321 e. The van der Waals surface area contributed by atoms with Crippen LogP contribution in [0.5, 0.6) is 5.75 Å². The highest BCUT2D eigenvalue weighted by Gasteiger charge is 2.43. The first-order valence-corrected chi connectivity index (χ1v) is 10.5. The van der Waals surface area contributed by atoms with Gasteiger partial charge in [0.2, 0.25) is 0 Å². The van der Waals surface area contributed by atoms with Gasteiger partial charge in [0.05, 0.1) is 12.8 Å². The van der Waals surface area contributed by atoms with Crippen molar-refractivity contribution >= 4 is 17.4 Å². The van der Waals surface area contributed by atoms with Crippen molar-refractivity contribution in [2.75, 3.05) is 25.5 Å². The summed E-state index contributed by atoms with van der Waals surface area (Å²) in [4.78, 5) is 20.6. The number of likely N-dealkylation sites (tertiary alicyclic amines) is 1. The lowest BCUT2D eigenvalue weighted by Crippen LogP contribution is -2.48. The number of piperidine rings is 1. The Kier molecular flexibility index (Phi) is 5.66. The molecule has 1 fully saturated rings. The minimum atomic E-state index is -0.314. The van der Waals surface area contributed by atoms with Gasteiger partial charge < -0.3 is 19.8 Å². The number of hydrogen-bond donors (Lipinski definition) is 1. The molecule has 6 heteroatoms. The number of urea groups is 1. The SMILES string of the molecule is COc1cccc(C2=NOC3(CCN(C(=O)Nc4ccccc4C(C)C)CC3)C2)c1. The summed E-state index contributed by atoms with van der Waals surface area (Å²) in [7, 11) is 1.66. The number of anilines is 1. The predicted octanol–water partition coefficient (Wildman–Crippen LogP) is 5.01. The quantitative estimate of drug-likeness (QED) is 0.775. The molecule has 0 aromatic heterocycles. The Balaban J connectivity index is 1.36. The Morgan fingerprint density at radius 3 is 2.67 bits per heavy atom. The fourth-order valence-electron chi connectivity index (χ4n) is 4.17. The fourth-order valence-corrected chi connectivity index (χ4v) is 4.17. The van der Waals surface area contributed by atoms with Gasteiger partial charge >= 0.3 is 6.03 Å². The van der Waals surface area contributed by atoms with Crippen LogP contribution in [0.25, 0.3) is 0 Å². The third kappa shape index (κ3) is 4.13. The van der Waals surface area contributed by atoms with E-state index < -0.39 is 0 Å². The summed E-state index contributed by atoms with van der Waals surface area (Å²) in [5, 5.41) is 7.46. The van der Waals surface area contributed by atoms with Crippen LogP contribution < -0.4 is 10.1 Å². The molecule has 0 atom stereocenters. The number of carbonyl (C=O) groups excluding carboxylic acids is 1. The molecule has 1 spiro atoms. The molecule has 1 N–H and O–H groups in total. The van der Waals surface area contributed by atoms with Crippen LogP contribution >= 0.6 is 0 Å². The number of hydrogen-bond acceptors (Lipinski definition) is 4. The van der Waals surface area contributed by atoms with Gasteiger partial charge in [0.15, 0.2) is 0 Å². The molecule has 2 aliphatic heterocycles. The monoisotopic (exact) mass is 407 g/mol. The van der Waals surface area contributed by atoms with E-state index in [1.807, 2.05) is 47.4 Å². The third-order valence-corrected chi connectivity index (χ3v) is 6.03. The van der Waals surface area contributed by atoms with Gasteiger partial charge in [-0.15, -0.1) is 0 Å². The molecule has 0 saturated carbocycles. The second kappa shape index (κ2) is 8.38. The molecular formula is C24H29N3O3. The van der Waals surface area contributed by atoms with Gasteiger partial charge in [0.25, 0.3) is 0 Å². The van der Waals surface area contributed by atoms with Crippen molar-refractivity contribution in [2.45, 2.75) is 44.6 Å². The molecule has 2 aromatic rings. The van der Waals surface area contributed by atoms with E-state index in [-0.39, 0.29) is 11.6 Å². The van der Waals surface area contributed by atoms with Gasteiger partial charge in [-0.2, -0.15) is 0 Å². The van der Waals surface area contributed by atoms with Crippen molar-refractivity contribution in [1.29, 1.82) is 0 Å². The van der Waals surface area contributed by atoms with Gasteiger partial charge in [-0.25, -0.2) is 4.79 Å². The summed E-state index contributed by atoms with van der Waals surface area (Å²) in [5.74, 6) is 1.16. The van der Waals surface area contributed by atoms with E-state index in [1.165, 1.54) is 0 Å². The van der Waals surface area contributed by atoms with Crippen LogP contribution in [-0.4, -0.2) is 42.4 Å². The number of oxime groups is 1. The summed E-state index contributed by atoms with van der Waals surface area (Å²) in [5.41, 5.74) is 3.69. The Labute approximate surface area is 177 Å². The predicted molar refractivity (Wildman–Crippen MR) is 118 cm³/mol. The van der Waals surface area contributed by atoms with Gasteiger partial charge in [0.1, 0.15) is 11.4 Å². The Morgan fingerprint density at radius 2 is 1.93 bits per heavy atom. The molecule has 2 amide bonds. The third-order valence-electron chi connectivity index (χ3n) is 6.03. The highest BCUT2D eigenvalue weighted by atomic mass is 16.7. The molecule has 6 nitrogen and oxygen atoms in total. The van der Waals surface area contributed by atoms with Crippen LogP contribution in [-0.2, 0) is 4.84 Å². The maximum Gasteiger partial charge on any atom is 0.321 e. The lowest BCUT2D eigenvalue weighted by atomic mass is 9.85. The van der Waals surface area contributed by atoms with E-state index in [0.29, 0.717) is 19.0 Å². The van der Waals surface area contributed by atoms with Gasteiger partial charge in [0, 0.05) is 43.6 Å². The molecular weight excluding hydrogens is 378 g/mol. The number of nitrogens with one attached hydrogen (secondary N) is 1. The lowest BCUT2D eigenvalue weighted by Gasteiger charge is -2.37. The van der Waals surface area contributed by atoms with Crippen molar-refractivity contribution in [3.05, 3.63) is 59.7 Å². The van der Waals surface area contributed by atoms with Crippen LogP contribution in [0, 0.1) is 0 Å². The number of methoxy groups -OCH3 is 1. The number of benzene rings is 2. The number of amides is 2. The van der Waals surface area contributed by atoms with E-state index in [4.69, 9.17) is 9.57 Å². The molecule has 4 rings (SSSR count). The van der Waals surface area contributed by atoms with Crippen LogP contribution in [0.1, 0.15) is 50.2 Å². The fraction of sp³-hybridized carbons (Fsp3) is 0.417.